The van der Waals surface area contributed by atoms with E-state index < -0.39 is 0 Å². The summed E-state index contributed by atoms with van der Waals surface area (Å²) in [6.07, 6.45) is 6.18. The molecule has 1 aliphatic carbocycles. The average Bonchev–Trinajstić information content (AvgIpc) is 3.40. The van der Waals surface area contributed by atoms with Crippen LogP contribution < -0.4 is 10.6 Å². The van der Waals surface area contributed by atoms with Gasteiger partial charge >= 0.3 is 0 Å². The van der Waals surface area contributed by atoms with Crippen LogP contribution in [0.3, 0.4) is 0 Å². The number of nitrogens with zero attached hydrogens (tertiary/aromatic N) is 1. The maximum Gasteiger partial charge on any atom is 0.237 e. The largest absolute Gasteiger partial charge is 0.352 e. The quantitative estimate of drug-likeness (QED) is 0.798. The van der Waals surface area contributed by atoms with Gasteiger partial charge in [0.2, 0.25) is 5.91 Å². The van der Waals surface area contributed by atoms with Crippen LogP contribution in [0.1, 0.15) is 57.2 Å². The second-order valence-corrected chi connectivity index (χ2v) is 8.34. The summed E-state index contributed by atoms with van der Waals surface area (Å²) >= 11 is 0. The summed E-state index contributed by atoms with van der Waals surface area (Å²) in [4.78, 5) is 12.9. The van der Waals surface area contributed by atoms with Crippen molar-refractivity contribution in [3.63, 3.8) is 0 Å². The Hall–Kier alpha value is -2.25. The highest BCUT2D eigenvalue weighted by molar-refractivity contribution is 5.90. The van der Waals surface area contributed by atoms with E-state index in [0.29, 0.717) is 18.5 Å². The zero-order chi connectivity index (χ0) is 19.0. The maximum atomic E-state index is 12.9. The first-order chi connectivity index (χ1) is 13.1. The van der Waals surface area contributed by atoms with Crippen molar-refractivity contribution in [2.75, 3.05) is 0 Å². The molecule has 0 saturated heterocycles. The third-order valence-electron chi connectivity index (χ3n) is 5.59. The lowest BCUT2D eigenvalue weighted by atomic mass is 9.94. The lowest BCUT2D eigenvalue weighted by molar-refractivity contribution is -0.123. The Bertz CT molecular complexity index is 911. The minimum absolute atomic E-state index is 0.147. The summed E-state index contributed by atoms with van der Waals surface area (Å²) < 4.78 is 2.23. The van der Waals surface area contributed by atoms with Gasteiger partial charge in [-0.1, -0.05) is 31.9 Å². The van der Waals surface area contributed by atoms with Gasteiger partial charge in [-0.2, -0.15) is 0 Å². The number of benzene rings is 1. The molecule has 1 amide bonds. The summed E-state index contributed by atoms with van der Waals surface area (Å²) in [5.74, 6) is 6.87. The van der Waals surface area contributed by atoms with E-state index in [1.165, 1.54) is 22.0 Å². The third-order valence-corrected chi connectivity index (χ3v) is 5.59. The van der Waals surface area contributed by atoms with Crippen LogP contribution in [0.5, 0.6) is 0 Å². The second-order valence-electron chi connectivity index (χ2n) is 8.34. The zero-order valence-corrected chi connectivity index (χ0v) is 16.5. The van der Waals surface area contributed by atoms with Crippen LogP contribution in [0.2, 0.25) is 0 Å². The van der Waals surface area contributed by atoms with Gasteiger partial charge in [-0.15, -0.1) is 5.92 Å². The number of rotatable bonds is 5. The molecule has 2 N–H and O–H groups in total. The minimum Gasteiger partial charge on any atom is -0.352 e. The molecule has 27 heavy (non-hydrogen) atoms. The first kappa shape index (κ1) is 18.1. The van der Waals surface area contributed by atoms with E-state index in [9.17, 15) is 4.79 Å². The van der Waals surface area contributed by atoms with Crippen LogP contribution in [0.4, 0.5) is 0 Å². The Balaban J connectivity index is 1.76. The van der Waals surface area contributed by atoms with E-state index >= 15 is 0 Å². The summed E-state index contributed by atoms with van der Waals surface area (Å²) in [7, 11) is 0. The van der Waals surface area contributed by atoms with Gasteiger partial charge in [0.05, 0.1) is 12.6 Å². The van der Waals surface area contributed by atoms with Gasteiger partial charge in [0.1, 0.15) is 0 Å². The average molecular weight is 364 g/mol. The summed E-state index contributed by atoms with van der Waals surface area (Å²) in [5.41, 5.74) is 3.80. The molecule has 4 heteroatoms. The van der Waals surface area contributed by atoms with Gasteiger partial charge in [-0.05, 0) is 55.7 Å². The molecule has 2 aliphatic rings. The second kappa shape index (κ2) is 7.40. The van der Waals surface area contributed by atoms with E-state index in [0.717, 1.165) is 25.7 Å². The van der Waals surface area contributed by atoms with E-state index in [1.54, 1.807) is 0 Å². The molecule has 1 aromatic heterocycles. The van der Waals surface area contributed by atoms with Crippen molar-refractivity contribution in [1.29, 1.82) is 0 Å². The highest BCUT2D eigenvalue weighted by Gasteiger charge is 2.33. The minimum atomic E-state index is -0.182. The normalized spacial score (nSPS) is 21.6. The highest BCUT2D eigenvalue weighted by atomic mass is 16.2. The fourth-order valence-electron chi connectivity index (χ4n) is 4.18. The van der Waals surface area contributed by atoms with E-state index in [-0.39, 0.29) is 18.0 Å². The first-order valence-corrected chi connectivity index (χ1v) is 10.1. The van der Waals surface area contributed by atoms with E-state index in [2.05, 4.69) is 65.3 Å². The number of hydrogen-bond acceptors (Lipinski definition) is 2. The molecule has 142 valence electrons. The van der Waals surface area contributed by atoms with Gasteiger partial charge in [-0.25, -0.2) is 0 Å². The fraction of sp³-hybridized carbons (Fsp3) is 0.522. The molecule has 1 aliphatic heterocycles. The van der Waals surface area contributed by atoms with Crippen LogP contribution in [0.25, 0.3) is 10.9 Å². The predicted octanol–water partition coefficient (Wildman–Crippen LogP) is 3.54. The monoisotopic (exact) mass is 363 g/mol. The van der Waals surface area contributed by atoms with Gasteiger partial charge < -0.3 is 9.88 Å². The molecule has 1 aromatic carbocycles. The molecule has 4 nitrogen and oxygen atoms in total. The molecule has 0 spiro atoms. The van der Waals surface area contributed by atoms with Gasteiger partial charge in [0.15, 0.2) is 0 Å². The predicted molar refractivity (Wildman–Crippen MR) is 109 cm³/mol. The van der Waals surface area contributed by atoms with Crippen LogP contribution in [0, 0.1) is 17.8 Å². The van der Waals surface area contributed by atoms with Crippen molar-refractivity contribution in [3.05, 3.63) is 35.5 Å². The number of aromatic nitrogens is 1. The molecule has 2 heterocycles. The van der Waals surface area contributed by atoms with Crippen LogP contribution in [0.15, 0.2) is 24.4 Å². The van der Waals surface area contributed by atoms with Crippen molar-refractivity contribution in [2.24, 2.45) is 5.92 Å². The lowest BCUT2D eigenvalue weighted by Gasteiger charge is -2.25. The van der Waals surface area contributed by atoms with Crippen molar-refractivity contribution in [2.45, 2.75) is 71.1 Å². The van der Waals surface area contributed by atoms with Crippen molar-refractivity contribution in [1.82, 2.24) is 15.2 Å². The number of hydrogen-bond donors (Lipinski definition) is 2. The molecule has 0 radical (unpaired) electrons. The number of carbonyl (C=O) groups excluding carboxylic acids is 1. The number of amides is 1. The number of nitrogens with one attached hydrogen (secondary N) is 2. The smallest absolute Gasteiger partial charge is 0.237 e. The first-order valence-electron chi connectivity index (χ1n) is 10.1. The zero-order valence-electron chi connectivity index (χ0n) is 16.5. The Morgan fingerprint density at radius 1 is 1.37 bits per heavy atom. The van der Waals surface area contributed by atoms with Crippen LogP contribution in [-0.4, -0.2) is 22.6 Å². The molecular formula is C23H29N3O. The SMILES string of the molecule is CC#CCn1cc2c3c(cccc31)C(CC(C)C)NC(C(=O)NC1CC1)C2. The molecule has 1 fully saturated rings. The Labute approximate surface area is 161 Å². The van der Waals surface area contributed by atoms with Crippen molar-refractivity contribution in [3.8, 4) is 11.8 Å². The highest BCUT2D eigenvalue weighted by Crippen LogP contribution is 2.35. The van der Waals surface area contributed by atoms with Crippen LogP contribution in [-0.2, 0) is 17.8 Å². The van der Waals surface area contributed by atoms with Crippen LogP contribution >= 0.6 is 0 Å². The van der Waals surface area contributed by atoms with E-state index in [4.69, 9.17) is 0 Å². The molecule has 2 unspecified atom stereocenters. The van der Waals surface area contributed by atoms with Crippen molar-refractivity contribution < 1.29 is 4.79 Å². The van der Waals surface area contributed by atoms with Gasteiger partial charge in [0.25, 0.3) is 0 Å². The fourth-order valence-corrected chi connectivity index (χ4v) is 4.18. The van der Waals surface area contributed by atoms with Gasteiger partial charge in [-0.3, -0.25) is 10.1 Å². The summed E-state index contributed by atoms with van der Waals surface area (Å²) in [6, 6.07) is 6.94. The van der Waals surface area contributed by atoms with E-state index in [1.807, 2.05) is 6.92 Å². The molecule has 1 saturated carbocycles. The molecule has 2 atom stereocenters. The third kappa shape index (κ3) is 3.75. The summed E-state index contributed by atoms with van der Waals surface area (Å²) in [5, 5.41) is 8.20. The molecule has 0 bridgehead atoms. The Morgan fingerprint density at radius 2 is 2.19 bits per heavy atom. The summed E-state index contributed by atoms with van der Waals surface area (Å²) in [6.45, 7) is 7.06. The Morgan fingerprint density at radius 3 is 2.89 bits per heavy atom. The molecular weight excluding hydrogens is 334 g/mol. The lowest BCUT2D eigenvalue weighted by Crippen LogP contribution is -2.47. The van der Waals surface area contributed by atoms with Gasteiger partial charge in [0, 0.05) is 29.2 Å². The maximum absolute atomic E-state index is 12.9. The number of carbonyl (C=O) groups is 1. The molecule has 2 aromatic rings. The standard InChI is InChI=1S/C23H29N3O/c1-4-5-11-26-14-16-13-20(23(27)24-17-9-10-17)25-19(12-15(2)3)18-7-6-8-21(26)22(16)18/h6-8,14-15,17,19-20,25H,9-13H2,1-3H3,(H,24,27). The topological polar surface area (TPSA) is 46.1 Å². The van der Waals surface area contributed by atoms with Crippen molar-refractivity contribution >= 4 is 16.8 Å². The Kier molecular flexibility index (Phi) is 4.97. The molecule has 4 rings (SSSR count).